The predicted octanol–water partition coefficient (Wildman–Crippen LogP) is 2.18. The van der Waals surface area contributed by atoms with Gasteiger partial charge in [-0.2, -0.15) is 0 Å². The molecule has 0 saturated heterocycles. The van der Waals surface area contributed by atoms with Gasteiger partial charge in [0.25, 0.3) is 0 Å². The summed E-state index contributed by atoms with van der Waals surface area (Å²) in [5.41, 5.74) is 6.43. The molecule has 4 nitrogen and oxygen atoms in total. The summed E-state index contributed by atoms with van der Waals surface area (Å²) in [7, 11) is 1.83. The Balaban J connectivity index is 1.56. The van der Waals surface area contributed by atoms with Crippen LogP contribution in [0.25, 0.3) is 0 Å². The number of nitrogens with two attached hydrogens (primary N) is 1. The van der Waals surface area contributed by atoms with Crippen LogP contribution in [0.1, 0.15) is 57.8 Å². The van der Waals surface area contributed by atoms with Crippen molar-refractivity contribution in [2.75, 3.05) is 7.11 Å². The molecule has 0 aromatic carbocycles. The summed E-state index contributed by atoms with van der Waals surface area (Å²) in [6, 6.07) is 0.940. The second-order valence-corrected chi connectivity index (χ2v) is 6.56. The Kier molecular flexibility index (Phi) is 3.70. The molecule has 3 aliphatic carbocycles. The molecule has 0 aliphatic heterocycles. The molecule has 3 fully saturated rings. The molecule has 0 radical (unpaired) electrons. The Labute approximate surface area is 116 Å². The van der Waals surface area contributed by atoms with Crippen molar-refractivity contribution >= 4 is 5.96 Å². The normalized spacial score (nSPS) is 34.7. The lowest BCUT2D eigenvalue weighted by Crippen LogP contribution is -2.61. The van der Waals surface area contributed by atoms with Gasteiger partial charge in [0.2, 0.25) is 0 Å². The minimum Gasteiger partial charge on any atom is -0.381 e. The molecule has 3 aliphatic rings. The number of methoxy groups -OCH3 is 1. The second-order valence-electron chi connectivity index (χ2n) is 6.56. The van der Waals surface area contributed by atoms with E-state index in [1.807, 2.05) is 7.11 Å². The number of nitrogens with one attached hydrogen (secondary N) is 1. The Bertz CT molecular complexity index is 345. The third-order valence-corrected chi connectivity index (χ3v) is 5.56. The topological polar surface area (TPSA) is 59.6 Å². The fourth-order valence-corrected chi connectivity index (χ4v) is 4.14. The van der Waals surface area contributed by atoms with Crippen LogP contribution in [-0.2, 0) is 4.74 Å². The maximum Gasteiger partial charge on any atom is 0.189 e. The van der Waals surface area contributed by atoms with E-state index < -0.39 is 0 Å². The van der Waals surface area contributed by atoms with Crippen LogP contribution in [0.5, 0.6) is 0 Å². The Morgan fingerprint density at radius 2 is 1.95 bits per heavy atom. The molecule has 3 rings (SSSR count). The van der Waals surface area contributed by atoms with Gasteiger partial charge in [-0.15, -0.1) is 0 Å². The van der Waals surface area contributed by atoms with Crippen LogP contribution in [0.15, 0.2) is 4.99 Å². The molecule has 0 aromatic heterocycles. The quantitative estimate of drug-likeness (QED) is 0.607. The highest BCUT2D eigenvalue weighted by Gasteiger charge is 2.59. The first-order chi connectivity index (χ1) is 9.24. The molecule has 1 spiro atoms. The highest BCUT2D eigenvalue weighted by atomic mass is 16.5. The molecule has 4 heteroatoms. The fraction of sp³-hybridized carbons (Fsp3) is 0.933. The average Bonchev–Trinajstić information content (AvgIpc) is 2.33. The lowest BCUT2D eigenvalue weighted by Gasteiger charge is -2.59. The minimum absolute atomic E-state index is 0.327. The van der Waals surface area contributed by atoms with Crippen molar-refractivity contribution in [3.63, 3.8) is 0 Å². The van der Waals surface area contributed by atoms with Gasteiger partial charge in [0.1, 0.15) is 0 Å². The lowest BCUT2D eigenvalue weighted by molar-refractivity contribution is -0.150. The van der Waals surface area contributed by atoms with Crippen LogP contribution in [0, 0.1) is 5.41 Å². The summed E-state index contributed by atoms with van der Waals surface area (Å²) in [5.74, 6) is 0.665. The van der Waals surface area contributed by atoms with Crippen molar-refractivity contribution in [1.82, 2.24) is 5.32 Å². The van der Waals surface area contributed by atoms with Crippen LogP contribution in [0.2, 0.25) is 0 Å². The van der Waals surface area contributed by atoms with E-state index in [0.717, 1.165) is 6.42 Å². The number of aliphatic imine (C=N–C) groups is 1. The summed E-state index contributed by atoms with van der Waals surface area (Å²) >= 11 is 0. The van der Waals surface area contributed by atoms with Crippen molar-refractivity contribution in [3.8, 4) is 0 Å². The number of hydrogen-bond donors (Lipinski definition) is 2. The first kappa shape index (κ1) is 13.2. The smallest absolute Gasteiger partial charge is 0.189 e. The van der Waals surface area contributed by atoms with Crippen molar-refractivity contribution in [2.45, 2.75) is 76.0 Å². The zero-order chi connectivity index (χ0) is 13.3. The van der Waals surface area contributed by atoms with E-state index in [1.54, 1.807) is 0 Å². The van der Waals surface area contributed by atoms with Crippen molar-refractivity contribution in [3.05, 3.63) is 0 Å². The van der Waals surface area contributed by atoms with Crippen LogP contribution >= 0.6 is 0 Å². The highest BCUT2D eigenvalue weighted by Crippen LogP contribution is 2.58. The van der Waals surface area contributed by atoms with Gasteiger partial charge in [-0.05, 0) is 32.1 Å². The van der Waals surface area contributed by atoms with E-state index in [9.17, 15) is 0 Å². The largest absolute Gasteiger partial charge is 0.381 e. The molecule has 0 heterocycles. The molecular weight excluding hydrogens is 238 g/mol. The first-order valence-corrected chi connectivity index (χ1v) is 7.87. The number of nitrogens with zero attached hydrogens (tertiary/aromatic N) is 1. The zero-order valence-electron chi connectivity index (χ0n) is 12.0. The van der Waals surface area contributed by atoms with E-state index in [1.165, 1.54) is 51.4 Å². The van der Waals surface area contributed by atoms with Crippen LogP contribution in [0.3, 0.4) is 0 Å². The van der Waals surface area contributed by atoms with E-state index in [0.29, 0.717) is 29.6 Å². The number of rotatable bonds is 3. The molecule has 19 heavy (non-hydrogen) atoms. The molecule has 3 saturated carbocycles. The van der Waals surface area contributed by atoms with Gasteiger partial charge < -0.3 is 15.8 Å². The number of hydrogen-bond acceptors (Lipinski definition) is 2. The Morgan fingerprint density at radius 1 is 1.21 bits per heavy atom. The van der Waals surface area contributed by atoms with E-state index >= 15 is 0 Å². The second kappa shape index (κ2) is 5.31. The molecule has 0 bridgehead atoms. The Hall–Kier alpha value is -0.770. The van der Waals surface area contributed by atoms with Crippen molar-refractivity contribution in [1.29, 1.82) is 0 Å². The molecule has 0 aromatic rings. The molecule has 108 valence electrons. The zero-order valence-corrected chi connectivity index (χ0v) is 12.0. The molecular formula is C15H27N3O. The van der Waals surface area contributed by atoms with E-state index in [4.69, 9.17) is 15.5 Å². The predicted molar refractivity (Wildman–Crippen MR) is 77.1 cm³/mol. The fourth-order valence-electron chi connectivity index (χ4n) is 4.14. The highest BCUT2D eigenvalue weighted by molar-refractivity contribution is 5.78. The lowest BCUT2D eigenvalue weighted by atomic mass is 9.51. The van der Waals surface area contributed by atoms with Gasteiger partial charge in [0.15, 0.2) is 5.96 Å². The van der Waals surface area contributed by atoms with Gasteiger partial charge in [-0.1, -0.05) is 25.7 Å². The van der Waals surface area contributed by atoms with Gasteiger partial charge in [0, 0.05) is 18.6 Å². The maximum absolute atomic E-state index is 6.10. The monoisotopic (exact) mass is 265 g/mol. The van der Waals surface area contributed by atoms with Crippen molar-refractivity contribution < 1.29 is 4.74 Å². The molecule has 3 N–H and O–H groups in total. The van der Waals surface area contributed by atoms with Crippen LogP contribution in [-0.4, -0.2) is 31.3 Å². The number of ether oxygens (including phenoxy) is 1. The van der Waals surface area contributed by atoms with E-state index in [-0.39, 0.29) is 0 Å². The summed E-state index contributed by atoms with van der Waals surface area (Å²) in [6.45, 7) is 0. The summed E-state index contributed by atoms with van der Waals surface area (Å²) in [5, 5.41) is 3.42. The van der Waals surface area contributed by atoms with Gasteiger partial charge in [-0.25, -0.2) is 4.99 Å². The summed E-state index contributed by atoms with van der Waals surface area (Å²) < 4.78 is 5.58. The van der Waals surface area contributed by atoms with Gasteiger partial charge in [-0.3, -0.25) is 0 Å². The van der Waals surface area contributed by atoms with Crippen molar-refractivity contribution in [2.24, 2.45) is 16.1 Å². The van der Waals surface area contributed by atoms with Crippen LogP contribution < -0.4 is 11.1 Å². The molecule has 0 amide bonds. The maximum atomic E-state index is 6.10. The van der Waals surface area contributed by atoms with Crippen LogP contribution in [0.4, 0.5) is 0 Å². The molecule has 2 unspecified atom stereocenters. The SMILES string of the molecule is COC1CC(N=C(N)NC2CCCCC2)C12CCC2. The standard InChI is InChI=1S/C15H27N3O/c1-19-13-10-12(15(13)8-5-9-15)18-14(16)17-11-6-3-2-4-7-11/h11-13H,2-10H2,1H3,(H3,16,17,18). The number of guanidine groups is 1. The third-order valence-electron chi connectivity index (χ3n) is 5.56. The Morgan fingerprint density at radius 3 is 2.53 bits per heavy atom. The minimum atomic E-state index is 0.327. The summed E-state index contributed by atoms with van der Waals surface area (Å²) in [4.78, 5) is 4.75. The third kappa shape index (κ3) is 2.35. The summed E-state index contributed by atoms with van der Waals surface area (Å²) in [6.07, 6.45) is 11.8. The average molecular weight is 265 g/mol. The van der Waals surface area contributed by atoms with E-state index in [2.05, 4.69) is 5.32 Å². The van der Waals surface area contributed by atoms with Gasteiger partial charge >= 0.3 is 0 Å². The molecule has 2 atom stereocenters. The first-order valence-electron chi connectivity index (χ1n) is 7.87. The van der Waals surface area contributed by atoms with Gasteiger partial charge in [0.05, 0.1) is 12.1 Å².